The number of carbonyl (C=O) groups is 2. The van der Waals surface area contributed by atoms with E-state index in [2.05, 4.69) is 22.2 Å². The lowest BCUT2D eigenvalue weighted by atomic mass is 10.3. The van der Waals surface area contributed by atoms with Crippen molar-refractivity contribution in [1.29, 1.82) is 0 Å². The third-order valence-electron chi connectivity index (χ3n) is 3.45. The number of nitrogens with one attached hydrogen (secondary N) is 1. The maximum atomic E-state index is 12.5. The normalized spacial score (nSPS) is 14.7. The lowest BCUT2D eigenvalue weighted by molar-refractivity contribution is -0.123. The van der Waals surface area contributed by atoms with E-state index in [0.29, 0.717) is 19.0 Å². The summed E-state index contributed by atoms with van der Waals surface area (Å²) in [7, 11) is 1.88. The summed E-state index contributed by atoms with van der Waals surface area (Å²) < 4.78 is 0. The van der Waals surface area contributed by atoms with Crippen LogP contribution in [0.3, 0.4) is 0 Å². The molecule has 0 saturated carbocycles. The van der Waals surface area contributed by atoms with Gasteiger partial charge in [0, 0.05) is 26.7 Å². The van der Waals surface area contributed by atoms with Gasteiger partial charge in [-0.15, -0.1) is 0 Å². The number of rotatable bonds is 5. The molecule has 22 heavy (non-hydrogen) atoms. The van der Waals surface area contributed by atoms with E-state index in [1.807, 2.05) is 11.9 Å². The Morgan fingerprint density at radius 2 is 2.32 bits per heavy atom. The summed E-state index contributed by atoms with van der Waals surface area (Å²) in [4.78, 5) is 35.7. The highest BCUT2D eigenvalue weighted by molar-refractivity contribution is 6.33. The maximum absolute atomic E-state index is 12.5. The Morgan fingerprint density at radius 3 is 3.00 bits per heavy atom. The Hall–Kier alpha value is -1.89. The predicted molar refractivity (Wildman–Crippen MR) is 84.1 cm³/mol. The second-order valence-electron chi connectivity index (χ2n) is 5.22. The third kappa shape index (κ3) is 3.85. The molecule has 8 heteroatoms. The molecule has 1 aliphatic rings. The molecule has 1 N–H and O–H groups in total. The number of unbranched alkanes of at least 4 members (excludes halogenated alkanes) is 1. The van der Waals surface area contributed by atoms with Gasteiger partial charge in [0.25, 0.3) is 5.91 Å². The molecule has 2 amide bonds. The molecule has 1 aliphatic heterocycles. The van der Waals surface area contributed by atoms with Gasteiger partial charge >= 0.3 is 0 Å². The second-order valence-corrected chi connectivity index (χ2v) is 5.63. The van der Waals surface area contributed by atoms with Crippen LogP contribution in [0.4, 0.5) is 5.95 Å². The van der Waals surface area contributed by atoms with Crippen molar-refractivity contribution in [1.82, 2.24) is 20.2 Å². The van der Waals surface area contributed by atoms with Crippen LogP contribution >= 0.6 is 11.6 Å². The average Bonchev–Trinajstić information content (AvgIpc) is 2.52. The first-order valence-electron chi connectivity index (χ1n) is 7.32. The van der Waals surface area contributed by atoms with Crippen molar-refractivity contribution in [2.75, 3.05) is 38.1 Å². The minimum atomic E-state index is -0.340. The minimum absolute atomic E-state index is 0.0279. The van der Waals surface area contributed by atoms with Crippen molar-refractivity contribution >= 4 is 29.4 Å². The van der Waals surface area contributed by atoms with E-state index in [4.69, 9.17) is 11.6 Å². The van der Waals surface area contributed by atoms with Crippen LogP contribution in [-0.4, -0.2) is 59.9 Å². The van der Waals surface area contributed by atoms with Crippen molar-refractivity contribution < 1.29 is 9.59 Å². The molecule has 2 rings (SSSR count). The molecule has 0 radical (unpaired) electrons. The Bertz CT molecular complexity index is 566. The summed E-state index contributed by atoms with van der Waals surface area (Å²) >= 11 is 6.06. The number of halogens is 1. The third-order valence-corrected chi connectivity index (χ3v) is 3.72. The first kappa shape index (κ1) is 16.5. The van der Waals surface area contributed by atoms with Gasteiger partial charge in [-0.1, -0.05) is 24.9 Å². The van der Waals surface area contributed by atoms with Gasteiger partial charge in [-0.25, -0.2) is 9.97 Å². The zero-order valence-electron chi connectivity index (χ0n) is 12.8. The Balaban J connectivity index is 2.18. The number of anilines is 1. The highest BCUT2D eigenvalue weighted by Crippen LogP contribution is 2.18. The molecular formula is C14H20ClN5O2. The molecule has 2 heterocycles. The first-order valence-corrected chi connectivity index (χ1v) is 7.70. The van der Waals surface area contributed by atoms with Crippen LogP contribution in [0.2, 0.25) is 5.02 Å². The number of amides is 2. The summed E-state index contributed by atoms with van der Waals surface area (Å²) in [6.45, 7) is 3.83. The SMILES string of the molecule is CCCCN(C)c1ncc(Cl)c(C(=O)N2CCNC(=O)C2)n1. The molecule has 1 saturated heterocycles. The van der Waals surface area contributed by atoms with E-state index in [-0.39, 0.29) is 29.1 Å². The fourth-order valence-electron chi connectivity index (χ4n) is 2.15. The highest BCUT2D eigenvalue weighted by atomic mass is 35.5. The molecule has 0 aliphatic carbocycles. The van der Waals surface area contributed by atoms with Crippen molar-refractivity contribution in [2.24, 2.45) is 0 Å². The molecule has 1 aromatic heterocycles. The van der Waals surface area contributed by atoms with E-state index in [9.17, 15) is 9.59 Å². The molecule has 0 aromatic carbocycles. The zero-order valence-corrected chi connectivity index (χ0v) is 13.6. The minimum Gasteiger partial charge on any atom is -0.353 e. The topological polar surface area (TPSA) is 78.4 Å². The zero-order chi connectivity index (χ0) is 16.1. The molecule has 120 valence electrons. The van der Waals surface area contributed by atoms with Gasteiger partial charge in [0.2, 0.25) is 11.9 Å². The number of carbonyl (C=O) groups excluding carboxylic acids is 2. The molecule has 1 fully saturated rings. The van der Waals surface area contributed by atoms with Crippen LogP contribution in [0.5, 0.6) is 0 Å². The Morgan fingerprint density at radius 1 is 1.55 bits per heavy atom. The standard InChI is InChI=1S/C14H20ClN5O2/c1-3-4-6-19(2)14-17-8-10(15)12(18-14)13(22)20-7-5-16-11(21)9-20/h8H,3-7,9H2,1-2H3,(H,16,21). The van der Waals surface area contributed by atoms with Crippen molar-refractivity contribution in [3.05, 3.63) is 16.9 Å². The van der Waals surface area contributed by atoms with Crippen LogP contribution in [0.1, 0.15) is 30.3 Å². The molecule has 0 spiro atoms. The van der Waals surface area contributed by atoms with Gasteiger partial charge in [0.15, 0.2) is 5.69 Å². The van der Waals surface area contributed by atoms with E-state index < -0.39 is 0 Å². The highest BCUT2D eigenvalue weighted by Gasteiger charge is 2.25. The van der Waals surface area contributed by atoms with Crippen molar-refractivity contribution in [2.45, 2.75) is 19.8 Å². The largest absolute Gasteiger partial charge is 0.353 e. The van der Waals surface area contributed by atoms with Gasteiger partial charge in [0.05, 0.1) is 17.8 Å². The number of piperazine rings is 1. The van der Waals surface area contributed by atoms with Crippen LogP contribution in [0.25, 0.3) is 0 Å². The van der Waals surface area contributed by atoms with Crippen molar-refractivity contribution in [3.63, 3.8) is 0 Å². The number of nitrogens with zero attached hydrogens (tertiary/aromatic N) is 4. The molecule has 7 nitrogen and oxygen atoms in total. The Labute approximate surface area is 134 Å². The fraction of sp³-hybridized carbons (Fsp3) is 0.571. The Kier molecular flexibility index (Phi) is 5.54. The lowest BCUT2D eigenvalue weighted by Gasteiger charge is -2.27. The number of hydrogen-bond acceptors (Lipinski definition) is 5. The van der Waals surface area contributed by atoms with Crippen LogP contribution < -0.4 is 10.2 Å². The summed E-state index contributed by atoms with van der Waals surface area (Å²) in [5, 5.41) is 2.88. The molecular weight excluding hydrogens is 306 g/mol. The smallest absolute Gasteiger partial charge is 0.274 e. The second kappa shape index (κ2) is 7.40. The molecule has 0 bridgehead atoms. The molecule has 0 unspecified atom stereocenters. The maximum Gasteiger partial charge on any atom is 0.274 e. The van der Waals surface area contributed by atoms with E-state index in [0.717, 1.165) is 19.4 Å². The van der Waals surface area contributed by atoms with Gasteiger partial charge in [0.1, 0.15) is 0 Å². The van der Waals surface area contributed by atoms with E-state index in [1.165, 1.54) is 11.1 Å². The monoisotopic (exact) mass is 325 g/mol. The summed E-state index contributed by atoms with van der Waals surface area (Å²) in [6, 6.07) is 0. The number of hydrogen-bond donors (Lipinski definition) is 1. The van der Waals surface area contributed by atoms with Gasteiger partial charge in [-0.2, -0.15) is 0 Å². The summed E-state index contributed by atoms with van der Waals surface area (Å²) in [5.41, 5.74) is 0.143. The fourth-order valence-corrected chi connectivity index (χ4v) is 2.32. The van der Waals surface area contributed by atoms with Gasteiger partial charge in [-0.05, 0) is 6.42 Å². The van der Waals surface area contributed by atoms with Gasteiger partial charge in [-0.3, -0.25) is 9.59 Å². The van der Waals surface area contributed by atoms with E-state index >= 15 is 0 Å². The molecule has 0 atom stereocenters. The predicted octanol–water partition coefficient (Wildman–Crippen LogP) is 0.938. The van der Waals surface area contributed by atoms with Crippen LogP contribution in [-0.2, 0) is 4.79 Å². The first-order chi connectivity index (χ1) is 10.5. The van der Waals surface area contributed by atoms with Crippen LogP contribution in [0, 0.1) is 0 Å². The average molecular weight is 326 g/mol. The van der Waals surface area contributed by atoms with Gasteiger partial charge < -0.3 is 15.1 Å². The van der Waals surface area contributed by atoms with Crippen molar-refractivity contribution in [3.8, 4) is 0 Å². The van der Waals surface area contributed by atoms with E-state index in [1.54, 1.807) is 0 Å². The summed E-state index contributed by atoms with van der Waals surface area (Å²) in [5.74, 6) is -0.0554. The van der Waals surface area contributed by atoms with Crippen LogP contribution in [0.15, 0.2) is 6.20 Å². The number of aromatic nitrogens is 2. The lowest BCUT2D eigenvalue weighted by Crippen LogP contribution is -2.50. The molecule has 1 aromatic rings. The quantitative estimate of drug-likeness (QED) is 0.871. The summed E-state index contributed by atoms with van der Waals surface area (Å²) in [6.07, 6.45) is 3.51.